The van der Waals surface area contributed by atoms with Gasteiger partial charge in [0.25, 0.3) is 0 Å². The summed E-state index contributed by atoms with van der Waals surface area (Å²) in [6.45, 7) is 5.29. The Labute approximate surface area is 139 Å². The molecule has 8 heteroatoms. The van der Waals surface area contributed by atoms with Crippen LogP contribution in [0, 0.1) is 5.82 Å². The molecule has 0 bridgehead atoms. The van der Waals surface area contributed by atoms with Crippen LogP contribution in [0.15, 0.2) is 12.1 Å². The van der Waals surface area contributed by atoms with E-state index in [-0.39, 0.29) is 16.9 Å². The average Bonchev–Trinajstić information content (AvgIpc) is 3.10. The number of amides is 1. The molecule has 3 N–H and O–H groups in total. The highest BCUT2D eigenvalue weighted by atomic mass is 35.5. The maximum atomic E-state index is 14.0. The monoisotopic (exact) mass is 343 g/mol. The van der Waals surface area contributed by atoms with E-state index < -0.39 is 30.2 Å². The summed E-state index contributed by atoms with van der Waals surface area (Å²) in [5.41, 5.74) is -1.02. The quantitative estimate of drug-likeness (QED) is 0.728. The fourth-order valence-electron chi connectivity index (χ4n) is 2.42. The van der Waals surface area contributed by atoms with Crippen molar-refractivity contribution in [2.75, 3.05) is 0 Å². The standard InChI is InChI=1S/C15H20BClFNO4/c1-14(2,3)23-13(20)19-15(6-7-15)8-9-4-5-10(17)12(18)11(9)16(21)22/h4-5,21-22H,6-8H2,1-3H3,(H,19,20). The van der Waals surface area contributed by atoms with Gasteiger partial charge in [0, 0.05) is 11.0 Å². The molecule has 0 radical (unpaired) electrons. The van der Waals surface area contributed by atoms with Crippen molar-refractivity contribution >= 4 is 30.3 Å². The number of benzene rings is 1. The summed E-state index contributed by atoms with van der Waals surface area (Å²) in [5.74, 6) is -0.854. The van der Waals surface area contributed by atoms with Crippen molar-refractivity contribution < 1.29 is 24.0 Å². The Morgan fingerprint density at radius 2 is 2.04 bits per heavy atom. The zero-order valence-electron chi connectivity index (χ0n) is 13.3. The maximum Gasteiger partial charge on any atom is 0.491 e. The fraction of sp³-hybridized carbons (Fsp3) is 0.533. The van der Waals surface area contributed by atoms with Crippen molar-refractivity contribution in [3.05, 3.63) is 28.5 Å². The third-order valence-corrected chi connectivity index (χ3v) is 3.92. The summed E-state index contributed by atoms with van der Waals surface area (Å²) in [6, 6.07) is 2.90. The van der Waals surface area contributed by atoms with E-state index in [2.05, 4.69) is 5.32 Å². The van der Waals surface area contributed by atoms with E-state index in [1.807, 2.05) is 0 Å². The van der Waals surface area contributed by atoms with Crippen LogP contribution in [0.5, 0.6) is 0 Å². The molecule has 1 aromatic rings. The Morgan fingerprint density at radius 3 is 2.52 bits per heavy atom. The van der Waals surface area contributed by atoms with Crippen molar-refractivity contribution in [1.82, 2.24) is 5.32 Å². The minimum atomic E-state index is -1.97. The van der Waals surface area contributed by atoms with Crippen molar-refractivity contribution in [2.24, 2.45) is 0 Å². The van der Waals surface area contributed by atoms with E-state index in [0.29, 0.717) is 18.4 Å². The molecule has 0 saturated heterocycles. The Morgan fingerprint density at radius 1 is 1.43 bits per heavy atom. The largest absolute Gasteiger partial charge is 0.491 e. The number of nitrogens with one attached hydrogen (secondary N) is 1. The highest BCUT2D eigenvalue weighted by molar-refractivity contribution is 6.59. The molecule has 1 fully saturated rings. The van der Waals surface area contributed by atoms with Gasteiger partial charge in [-0.25, -0.2) is 9.18 Å². The molecule has 1 saturated carbocycles. The van der Waals surface area contributed by atoms with Crippen LogP contribution in [0.3, 0.4) is 0 Å². The number of hydrogen-bond donors (Lipinski definition) is 3. The molecular formula is C15H20BClFNO4. The fourth-order valence-corrected chi connectivity index (χ4v) is 2.59. The molecule has 0 heterocycles. The third kappa shape index (κ3) is 4.59. The molecule has 23 heavy (non-hydrogen) atoms. The van der Waals surface area contributed by atoms with Crippen molar-refractivity contribution in [2.45, 2.75) is 51.2 Å². The van der Waals surface area contributed by atoms with Crippen LogP contribution in [0.2, 0.25) is 5.02 Å². The minimum Gasteiger partial charge on any atom is -0.444 e. The summed E-state index contributed by atoms with van der Waals surface area (Å²) in [6.07, 6.45) is 1.14. The second-order valence-electron chi connectivity index (χ2n) is 6.89. The highest BCUT2D eigenvalue weighted by Crippen LogP contribution is 2.39. The topological polar surface area (TPSA) is 78.8 Å². The lowest BCUT2D eigenvalue weighted by Crippen LogP contribution is -2.44. The van der Waals surface area contributed by atoms with Gasteiger partial charge in [-0.2, -0.15) is 0 Å². The summed E-state index contributed by atoms with van der Waals surface area (Å²) in [7, 11) is -1.97. The Balaban J connectivity index is 2.16. The molecule has 0 atom stereocenters. The first-order chi connectivity index (χ1) is 10.5. The molecule has 0 aliphatic heterocycles. The number of ether oxygens (including phenoxy) is 1. The van der Waals surface area contributed by atoms with Gasteiger partial charge in [-0.3, -0.25) is 0 Å². The summed E-state index contributed by atoms with van der Waals surface area (Å²) >= 11 is 5.69. The first-order valence-electron chi connectivity index (χ1n) is 7.37. The number of carbonyl (C=O) groups excluding carboxylic acids is 1. The summed E-state index contributed by atoms with van der Waals surface area (Å²) < 4.78 is 19.3. The van der Waals surface area contributed by atoms with Gasteiger partial charge in [-0.1, -0.05) is 17.7 Å². The van der Waals surface area contributed by atoms with Gasteiger partial charge in [0.2, 0.25) is 0 Å². The van der Waals surface area contributed by atoms with Gasteiger partial charge in [0.15, 0.2) is 0 Å². The minimum absolute atomic E-state index is 0.179. The van der Waals surface area contributed by atoms with Crippen molar-refractivity contribution in [1.29, 1.82) is 0 Å². The van der Waals surface area contributed by atoms with Crippen LogP contribution < -0.4 is 10.8 Å². The van der Waals surface area contributed by atoms with Crippen LogP contribution in [0.4, 0.5) is 9.18 Å². The second kappa shape index (κ2) is 6.30. The Kier molecular flexibility index (Phi) is 4.94. The lowest BCUT2D eigenvalue weighted by atomic mass is 9.75. The first kappa shape index (κ1) is 18.0. The van der Waals surface area contributed by atoms with E-state index in [9.17, 15) is 19.2 Å². The third-order valence-electron chi connectivity index (χ3n) is 3.63. The van der Waals surface area contributed by atoms with Gasteiger partial charge in [-0.05, 0) is 51.7 Å². The number of rotatable bonds is 4. The van der Waals surface area contributed by atoms with Crippen LogP contribution in [-0.2, 0) is 11.2 Å². The van der Waals surface area contributed by atoms with Crippen molar-refractivity contribution in [3.8, 4) is 0 Å². The molecule has 1 amide bonds. The second-order valence-corrected chi connectivity index (χ2v) is 7.30. The number of alkyl carbamates (subject to hydrolysis) is 1. The molecular weight excluding hydrogens is 323 g/mol. The Bertz CT molecular complexity index is 614. The average molecular weight is 344 g/mol. The van der Waals surface area contributed by atoms with E-state index in [1.54, 1.807) is 20.8 Å². The lowest BCUT2D eigenvalue weighted by molar-refractivity contribution is 0.0496. The maximum absolute atomic E-state index is 14.0. The Hall–Kier alpha value is -1.31. The number of halogens is 2. The van der Waals surface area contributed by atoms with Gasteiger partial charge < -0.3 is 20.1 Å². The molecule has 0 spiro atoms. The molecule has 1 aliphatic rings. The van der Waals surface area contributed by atoms with Crippen LogP contribution >= 0.6 is 11.6 Å². The SMILES string of the molecule is CC(C)(C)OC(=O)NC1(Cc2ccc(Cl)c(F)c2B(O)O)CC1. The normalized spacial score (nSPS) is 16.0. The van der Waals surface area contributed by atoms with E-state index >= 15 is 0 Å². The lowest BCUT2D eigenvalue weighted by Gasteiger charge is -2.24. The van der Waals surface area contributed by atoms with Crippen LogP contribution in [-0.4, -0.2) is 34.4 Å². The predicted molar refractivity (Wildman–Crippen MR) is 86.3 cm³/mol. The molecule has 0 aromatic heterocycles. The summed E-state index contributed by atoms with van der Waals surface area (Å²) in [4.78, 5) is 11.9. The molecule has 0 unspecified atom stereocenters. The first-order valence-corrected chi connectivity index (χ1v) is 7.75. The van der Waals surface area contributed by atoms with Gasteiger partial charge >= 0.3 is 13.2 Å². The van der Waals surface area contributed by atoms with Gasteiger partial charge in [-0.15, -0.1) is 0 Å². The number of carbonyl (C=O) groups is 1. The molecule has 1 aliphatic carbocycles. The zero-order valence-corrected chi connectivity index (χ0v) is 14.1. The predicted octanol–water partition coefficient (Wildman–Crippen LogP) is 1.76. The van der Waals surface area contributed by atoms with Crippen LogP contribution in [0.25, 0.3) is 0 Å². The molecule has 2 rings (SSSR count). The van der Waals surface area contributed by atoms with E-state index in [4.69, 9.17) is 16.3 Å². The smallest absolute Gasteiger partial charge is 0.444 e. The van der Waals surface area contributed by atoms with Crippen LogP contribution in [0.1, 0.15) is 39.2 Å². The molecule has 1 aromatic carbocycles. The molecule has 5 nitrogen and oxygen atoms in total. The van der Waals surface area contributed by atoms with Gasteiger partial charge in [0.1, 0.15) is 11.4 Å². The molecule has 126 valence electrons. The van der Waals surface area contributed by atoms with Gasteiger partial charge in [0.05, 0.1) is 5.02 Å². The zero-order chi connectivity index (χ0) is 17.4. The summed E-state index contributed by atoms with van der Waals surface area (Å²) in [5, 5.41) is 21.4. The highest BCUT2D eigenvalue weighted by Gasteiger charge is 2.46. The van der Waals surface area contributed by atoms with Crippen molar-refractivity contribution in [3.63, 3.8) is 0 Å². The number of hydrogen-bond acceptors (Lipinski definition) is 4. The van der Waals surface area contributed by atoms with E-state index in [1.165, 1.54) is 12.1 Å². The van der Waals surface area contributed by atoms with E-state index in [0.717, 1.165) is 0 Å².